The lowest BCUT2D eigenvalue weighted by Gasteiger charge is -2.27. The van der Waals surface area contributed by atoms with Gasteiger partial charge >= 0.3 is 0 Å². The van der Waals surface area contributed by atoms with E-state index in [9.17, 15) is 0 Å². The van der Waals surface area contributed by atoms with Crippen molar-refractivity contribution in [3.05, 3.63) is 11.6 Å². The summed E-state index contributed by atoms with van der Waals surface area (Å²) in [5, 5.41) is 18.1. The highest BCUT2D eigenvalue weighted by atomic mass is 16.3. The van der Waals surface area contributed by atoms with Crippen LogP contribution in [0.25, 0.3) is 0 Å². The second-order valence-corrected chi connectivity index (χ2v) is 3.58. The van der Waals surface area contributed by atoms with Crippen molar-refractivity contribution >= 4 is 0 Å². The fourth-order valence-electron chi connectivity index (χ4n) is 2.51. The van der Waals surface area contributed by atoms with Gasteiger partial charge in [0.2, 0.25) is 0 Å². The first kappa shape index (κ1) is 7.32. The average molecular weight is 154 g/mol. The van der Waals surface area contributed by atoms with Gasteiger partial charge in [0.15, 0.2) is 0 Å². The summed E-state index contributed by atoms with van der Waals surface area (Å²) >= 11 is 0. The zero-order valence-corrected chi connectivity index (χ0v) is 6.53. The van der Waals surface area contributed by atoms with Crippen molar-refractivity contribution in [3.63, 3.8) is 0 Å². The summed E-state index contributed by atoms with van der Waals surface area (Å²) in [6, 6.07) is 0. The van der Waals surface area contributed by atoms with E-state index in [-0.39, 0.29) is 19.1 Å². The fourth-order valence-corrected chi connectivity index (χ4v) is 2.51. The van der Waals surface area contributed by atoms with E-state index in [0.717, 1.165) is 6.42 Å². The molecular weight excluding hydrogens is 140 g/mol. The molecule has 0 fully saturated rings. The largest absolute Gasteiger partial charge is 0.396 e. The molecule has 2 nitrogen and oxygen atoms in total. The predicted octanol–water partition coefficient (Wildman–Crippen LogP) is 0.553. The van der Waals surface area contributed by atoms with Gasteiger partial charge in [0.1, 0.15) is 0 Å². The third kappa shape index (κ3) is 0.932. The Balaban J connectivity index is 2.13. The molecule has 2 N–H and O–H groups in total. The van der Waals surface area contributed by atoms with E-state index in [0.29, 0.717) is 11.8 Å². The summed E-state index contributed by atoms with van der Waals surface area (Å²) in [7, 11) is 0. The molecule has 0 spiro atoms. The number of aliphatic hydroxyl groups excluding tert-OH is 2. The second kappa shape index (κ2) is 2.61. The van der Waals surface area contributed by atoms with Crippen molar-refractivity contribution in [1.82, 2.24) is 0 Å². The van der Waals surface area contributed by atoms with Gasteiger partial charge in [-0.15, -0.1) is 0 Å². The van der Waals surface area contributed by atoms with Gasteiger partial charge in [-0.1, -0.05) is 11.6 Å². The van der Waals surface area contributed by atoms with Crippen molar-refractivity contribution in [2.75, 3.05) is 13.2 Å². The van der Waals surface area contributed by atoms with Crippen LogP contribution in [0.3, 0.4) is 0 Å². The van der Waals surface area contributed by atoms with Gasteiger partial charge in [-0.2, -0.15) is 0 Å². The number of hydrogen-bond donors (Lipinski definition) is 2. The standard InChI is InChI=1S/C9H14O2/c10-4-8-6-1-2-7(3-6)9(8)5-11/h3,6,8-11H,1-2,4-5H2. The third-order valence-electron chi connectivity index (χ3n) is 3.15. The molecule has 0 saturated heterocycles. The van der Waals surface area contributed by atoms with Gasteiger partial charge in [-0.05, 0) is 24.7 Å². The summed E-state index contributed by atoms with van der Waals surface area (Å²) in [5.74, 6) is 1.16. The smallest absolute Gasteiger partial charge is 0.0500 e. The first-order valence-corrected chi connectivity index (χ1v) is 4.29. The second-order valence-electron chi connectivity index (χ2n) is 3.58. The Morgan fingerprint density at radius 1 is 1.36 bits per heavy atom. The molecule has 62 valence electrons. The minimum Gasteiger partial charge on any atom is -0.396 e. The zero-order chi connectivity index (χ0) is 7.84. The molecule has 2 rings (SSSR count). The van der Waals surface area contributed by atoms with E-state index < -0.39 is 0 Å². The van der Waals surface area contributed by atoms with E-state index >= 15 is 0 Å². The highest BCUT2D eigenvalue weighted by molar-refractivity contribution is 5.24. The molecule has 0 saturated carbocycles. The van der Waals surface area contributed by atoms with Crippen LogP contribution in [-0.4, -0.2) is 23.4 Å². The molecule has 0 aromatic carbocycles. The summed E-state index contributed by atoms with van der Waals surface area (Å²) in [6.45, 7) is 0.448. The van der Waals surface area contributed by atoms with Gasteiger partial charge in [-0.25, -0.2) is 0 Å². The quantitative estimate of drug-likeness (QED) is 0.570. The molecule has 2 bridgehead atoms. The van der Waals surface area contributed by atoms with Crippen LogP contribution >= 0.6 is 0 Å². The number of rotatable bonds is 2. The van der Waals surface area contributed by atoms with Crippen molar-refractivity contribution in [2.45, 2.75) is 12.8 Å². The molecule has 0 amide bonds. The topological polar surface area (TPSA) is 40.5 Å². The highest BCUT2D eigenvalue weighted by Crippen LogP contribution is 2.46. The Kier molecular flexibility index (Phi) is 1.74. The molecule has 0 aliphatic heterocycles. The molecule has 2 aliphatic carbocycles. The number of hydrogen-bond acceptors (Lipinski definition) is 2. The van der Waals surface area contributed by atoms with Crippen molar-refractivity contribution in [3.8, 4) is 0 Å². The van der Waals surface area contributed by atoms with E-state index in [1.807, 2.05) is 0 Å². The predicted molar refractivity (Wildman–Crippen MR) is 42.0 cm³/mol. The number of allylic oxidation sites excluding steroid dienone is 1. The van der Waals surface area contributed by atoms with Crippen LogP contribution in [0.15, 0.2) is 11.6 Å². The van der Waals surface area contributed by atoms with Crippen LogP contribution in [0.5, 0.6) is 0 Å². The molecule has 0 aromatic heterocycles. The van der Waals surface area contributed by atoms with Crippen molar-refractivity contribution in [1.29, 1.82) is 0 Å². The summed E-state index contributed by atoms with van der Waals surface area (Å²) in [4.78, 5) is 0. The van der Waals surface area contributed by atoms with Crippen LogP contribution in [0.2, 0.25) is 0 Å². The van der Waals surface area contributed by atoms with Crippen LogP contribution in [-0.2, 0) is 0 Å². The minimum absolute atomic E-state index is 0.216. The molecule has 0 aromatic rings. The van der Waals surface area contributed by atoms with Gasteiger partial charge < -0.3 is 10.2 Å². The van der Waals surface area contributed by atoms with E-state index in [1.165, 1.54) is 12.0 Å². The Morgan fingerprint density at radius 2 is 2.18 bits per heavy atom. The molecule has 2 aliphatic rings. The Labute approximate surface area is 66.5 Å². The molecule has 3 atom stereocenters. The molecule has 0 heterocycles. The van der Waals surface area contributed by atoms with Crippen LogP contribution in [0.1, 0.15) is 12.8 Å². The maximum Gasteiger partial charge on any atom is 0.0500 e. The molecular formula is C9H14O2. The van der Waals surface area contributed by atoms with E-state index in [4.69, 9.17) is 10.2 Å². The van der Waals surface area contributed by atoms with Crippen molar-refractivity contribution in [2.24, 2.45) is 17.8 Å². The van der Waals surface area contributed by atoms with Gasteiger partial charge in [0, 0.05) is 19.1 Å². The van der Waals surface area contributed by atoms with Gasteiger partial charge in [-0.3, -0.25) is 0 Å². The molecule has 0 radical (unpaired) electrons. The van der Waals surface area contributed by atoms with Crippen LogP contribution in [0.4, 0.5) is 0 Å². The third-order valence-corrected chi connectivity index (χ3v) is 3.15. The maximum absolute atomic E-state index is 9.05. The lowest BCUT2D eigenvalue weighted by atomic mass is 9.79. The Bertz CT molecular complexity index is 186. The lowest BCUT2D eigenvalue weighted by Crippen LogP contribution is -2.27. The number of aliphatic hydroxyl groups is 2. The van der Waals surface area contributed by atoms with Crippen LogP contribution in [0, 0.1) is 17.8 Å². The molecule has 11 heavy (non-hydrogen) atoms. The summed E-state index contributed by atoms with van der Waals surface area (Å²) in [5.41, 5.74) is 1.39. The van der Waals surface area contributed by atoms with E-state index in [2.05, 4.69) is 6.08 Å². The SMILES string of the molecule is OCC1C2=CC(CC2)C1CO. The zero-order valence-electron chi connectivity index (χ0n) is 6.53. The van der Waals surface area contributed by atoms with Crippen molar-refractivity contribution < 1.29 is 10.2 Å². The molecule has 3 unspecified atom stereocenters. The lowest BCUT2D eigenvalue weighted by molar-refractivity contribution is 0.110. The summed E-state index contributed by atoms with van der Waals surface area (Å²) in [6.07, 6.45) is 4.59. The van der Waals surface area contributed by atoms with E-state index in [1.54, 1.807) is 0 Å². The average Bonchev–Trinajstić information content (AvgIpc) is 2.60. The first-order valence-electron chi connectivity index (χ1n) is 4.29. The number of fused-ring (bicyclic) bond motifs is 1. The monoisotopic (exact) mass is 154 g/mol. The fraction of sp³-hybridized carbons (Fsp3) is 0.778. The first-order chi connectivity index (χ1) is 5.36. The van der Waals surface area contributed by atoms with Gasteiger partial charge in [0.25, 0.3) is 0 Å². The maximum atomic E-state index is 9.05. The normalized spacial score (nSPS) is 41.3. The van der Waals surface area contributed by atoms with Crippen LogP contribution < -0.4 is 0 Å². The Hall–Kier alpha value is -0.340. The van der Waals surface area contributed by atoms with Gasteiger partial charge in [0.05, 0.1) is 0 Å². The summed E-state index contributed by atoms with van der Waals surface area (Å²) < 4.78 is 0. The minimum atomic E-state index is 0.216. The Morgan fingerprint density at radius 3 is 2.73 bits per heavy atom. The molecule has 2 heteroatoms. The highest BCUT2D eigenvalue weighted by Gasteiger charge is 2.40.